The summed E-state index contributed by atoms with van der Waals surface area (Å²) in [5, 5.41) is 0. The molecule has 1 aromatic rings. The monoisotopic (exact) mass is 338 g/mol. The quantitative estimate of drug-likeness (QED) is 0.462. The highest BCUT2D eigenvalue weighted by Gasteiger charge is 2.28. The summed E-state index contributed by atoms with van der Waals surface area (Å²) < 4.78 is 28.9. The number of aryl methyl sites for hydroxylation is 1. The summed E-state index contributed by atoms with van der Waals surface area (Å²) in [4.78, 5) is 11.8. The summed E-state index contributed by atoms with van der Waals surface area (Å²) in [5.74, 6) is -0.206. The van der Waals surface area contributed by atoms with E-state index in [4.69, 9.17) is 0 Å². The fourth-order valence-electron chi connectivity index (χ4n) is 3.46. The number of ether oxygens (including phenoxy) is 1. The molecule has 1 aliphatic rings. The Hall–Kier alpha value is -1.45. The molecule has 0 radical (unpaired) electrons. The molecule has 0 bridgehead atoms. The van der Waals surface area contributed by atoms with Crippen LogP contribution in [0.15, 0.2) is 24.3 Å². The molecule has 2 nitrogen and oxygen atoms in total. The van der Waals surface area contributed by atoms with Crippen LogP contribution < -0.4 is 0 Å². The minimum absolute atomic E-state index is 0.215. The second-order valence-electron chi connectivity index (χ2n) is 6.77. The number of carbonyl (C=O) groups excluding carboxylic acids is 1. The minimum atomic E-state index is -2.58. The normalized spacial score (nSPS) is 21.0. The smallest absolute Gasteiger partial charge is 0.309 e. The number of hydrogen-bond acceptors (Lipinski definition) is 2. The van der Waals surface area contributed by atoms with E-state index in [2.05, 4.69) is 35.9 Å². The minimum Gasteiger partial charge on any atom is -0.459 e. The largest absolute Gasteiger partial charge is 0.459 e. The van der Waals surface area contributed by atoms with Crippen molar-refractivity contribution in [1.29, 1.82) is 0 Å². The van der Waals surface area contributed by atoms with Crippen LogP contribution in [-0.4, -0.2) is 19.0 Å². The van der Waals surface area contributed by atoms with E-state index in [9.17, 15) is 13.6 Å². The number of alkyl halides is 2. The zero-order valence-electron chi connectivity index (χ0n) is 14.5. The summed E-state index contributed by atoms with van der Waals surface area (Å²) in [6, 6.07) is 8.85. The molecule has 0 unspecified atom stereocenters. The summed E-state index contributed by atoms with van der Waals surface area (Å²) in [7, 11) is 0. The molecule has 0 aromatic heterocycles. The summed E-state index contributed by atoms with van der Waals surface area (Å²) >= 11 is 0. The number of rotatable bonds is 8. The van der Waals surface area contributed by atoms with Crippen LogP contribution in [0.25, 0.3) is 0 Å². The Kier molecular flexibility index (Phi) is 7.67. The van der Waals surface area contributed by atoms with Gasteiger partial charge in [-0.15, -0.1) is 0 Å². The fraction of sp³-hybridized carbons (Fsp3) is 0.650. The Morgan fingerprint density at radius 1 is 1.12 bits per heavy atom. The predicted molar refractivity (Wildman–Crippen MR) is 91.3 cm³/mol. The lowest BCUT2D eigenvalue weighted by Crippen LogP contribution is -2.24. The summed E-state index contributed by atoms with van der Waals surface area (Å²) in [5.41, 5.74) is 2.71. The molecule has 134 valence electrons. The van der Waals surface area contributed by atoms with Crippen molar-refractivity contribution in [1.82, 2.24) is 0 Å². The van der Waals surface area contributed by atoms with Crippen molar-refractivity contribution in [2.75, 3.05) is 6.61 Å². The van der Waals surface area contributed by atoms with Crippen LogP contribution in [0.1, 0.15) is 68.9 Å². The molecule has 0 atom stereocenters. The molecular weight excluding hydrogens is 310 g/mol. The molecule has 4 heteroatoms. The van der Waals surface area contributed by atoms with Gasteiger partial charge in [0.05, 0.1) is 5.92 Å². The average Bonchev–Trinajstić information content (AvgIpc) is 2.60. The van der Waals surface area contributed by atoms with Crippen molar-refractivity contribution in [3.8, 4) is 0 Å². The zero-order chi connectivity index (χ0) is 17.4. The lowest BCUT2D eigenvalue weighted by molar-refractivity contribution is -0.153. The second kappa shape index (κ2) is 9.75. The number of benzene rings is 1. The van der Waals surface area contributed by atoms with Gasteiger partial charge in [0.1, 0.15) is 0 Å². The first-order valence-corrected chi connectivity index (χ1v) is 9.13. The first-order chi connectivity index (χ1) is 11.6. The average molecular weight is 338 g/mol. The second-order valence-corrected chi connectivity index (χ2v) is 6.77. The van der Waals surface area contributed by atoms with Gasteiger partial charge < -0.3 is 4.74 Å². The van der Waals surface area contributed by atoms with Gasteiger partial charge in [-0.1, -0.05) is 44.0 Å². The number of esters is 1. The Morgan fingerprint density at radius 3 is 2.38 bits per heavy atom. The summed E-state index contributed by atoms with van der Waals surface area (Å²) in [6.07, 6.45) is 5.59. The van der Waals surface area contributed by atoms with Gasteiger partial charge in [-0.05, 0) is 55.6 Å². The molecule has 24 heavy (non-hydrogen) atoms. The molecule has 0 heterocycles. The van der Waals surface area contributed by atoms with Gasteiger partial charge in [-0.25, -0.2) is 8.78 Å². The zero-order valence-corrected chi connectivity index (χ0v) is 14.5. The van der Waals surface area contributed by atoms with Gasteiger partial charge in [0.15, 0.2) is 6.61 Å². The number of unbranched alkanes of at least 4 members (excludes halogenated alkanes) is 2. The van der Waals surface area contributed by atoms with Crippen molar-refractivity contribution in [3.05, 3.63) is 35.4 Å². The van der Waals surface area contributed by atoms with Gasteiger partial charge in [-0.2, -0.15) is 0 Å². The Labute approximate surface area is 143 Å². The molecule has 0 N–H and O–H groups in total. The van der Waals surface area contributed by atoms with Crippen molar-refractivity contribution >= 4 is 5.97 Å². The molecule has 0 amide bonds. The van der Waals surface area contributed by atoms with E-state index in [0.29, 0.717) is 5.92 Å². The van der Waals surface area contributed by atoms with E-state index >= 15 is 0 Å². The first kappa shape index (κ1) is 18.9. The maximum atomic E-state index is 12.1. The van der Waals surface area contributed by atoms with Crippen LogP contribution >= 0.6 is 0 Å². The maximum Gasteiger partial charge on any atom is 0.309 e. The molecular formula is C20H28F2O2. The Morgan fingerprint density at radius 2 is 1.79 bits per heavy atom. The topological polar surface area (TPSA) is 26.3 Å². The van der Waals surface area contributed by atoms with E-state index in [1.165, 1.54) is 30.4 Å². The van der Waals surface area contributed by atoms with Crippen LogP contribution in [0.2, 0.25) is 0 Å². The molecule has 2 rings (SSSR count). The van der Waals surface area contributed by atoms with Crippen LogP contribution in [0.4, 0.5) is 8.78 Å². The maximum absolute atomic E-state index is 12.1. The van der Waals surface area contributed by atoms with Crippen LogP contribution in [-0.2, 0) is 16.0 Å². The Bertz CT molecular complexity index is 491. The summed E-state index contributed by atoms with van der Waals surface area (Å²) in [6.45, 7) is 1.43. The van der Waals surface area contributed by atoms with E-state index in [1.54, 1.807) is 0 Å². The molecule has 1 fully saturated rings. The van der Waals surface area contributed by atoms with E-state index < -0.39 is 19.0 Å². The molecule has 0 saturated heterocycles. The van der Waals surface area contributed by atoms with Crippen LogP contribution in [0.5, 0.6) is 0 Å². The molecule has 0 spiro atoms. The fourth-order valence-corrected chi connectivity index (χ4v) is 3.46. The van der Waals surface area contributed by atoms with Gasteiger partial charge in [0.25, 0.3) is 6.43 Å². The first-order valence-electron chi connectivity index (χ1n) is 9.13. The Balaban J connectivity index is 1.78. The highest BCUT2D eigenvalue weighted by molar-refractivity contribution is 5.72. The number of hydrogen-bond donors (Lipinski definition) is 0. The molecule has 0 aliphatic heterocycles. The lowest BCUT2D eigenvalue weighted by atomic mass is 9.78. The third kappa shape index (κ3) is 5.88. The molecule has 1 saturated carbocycles. The standard InChI is InChI=1S/C20H28F2O2/c1-2-3-4-5-15-6-8-16(9-7-15)17-10-12-18(13-11-17)20(23)24-14-19(21)22/h6-9,17-19H,2-5,10-14H2,1H3. The van der Waals surface area contributed by atoms with Crippen molar-refractivity contribution < 1.29 is 18.3 Å². The van der Waals surface area contributed by atoms with Crippen LogP contribution in [0.3, 0.4) is 0 Å². The van der Waals surface area contributed by atoms with Crippen molar-refractivity contribution in [3.63, 3.8) is 0 Å². The van der Waals surface area contributed by atoms with Gasteiger partial charge in [0, 0.05) is 0 Å². The highest BCUT2D eigenvalue weighted by Crippen LogP contribution is 2.36. The van der Waals surface area contributed by atoms with E-state index in [-0.39, 0.29) is 5.92 Å². The van der Waals surface area contributed by atoms with E-state index in [1.807, 2.05) is 0 Å². The van der Waals surface area contributed by atoms with Crippen LogP contribution in [0, 0.1) is 5.92 Å². The van der Waals surface area contributed by atoms with Crippen molar-refractivity contribution in [2.24, 2.45) is 5.92 Å². The van der Waals surface area contributed by atoms with Gasteiger partial charge >= 0.3 is 5.97 Å². The number of halogens is 2. The third-order valence-corrected chi connectivity index (χ3v) is 4.93. The van der Waals surface area contributed by atoms with Gasteiger partial charge in [0.2, 0.25) is 0 Å². The SMILES string of the molecule is CCCCCc1ccc(C2CCC(C(=O)OCC(F)F)CC2)cc1. The third-order valence-electron chi connectivity index (χ3n) is 4.93. The van der Waals surface area contributed by atoms with Gasteiger partial charge in [-0.3, -0.25) is 4.79 Å². The lowest BCUT2D eigenvalue weighted by Gasteiger charge is -2.27. The highest BCUT2D eigenvalue weighted by atomic mass is 19.3. The number of carbonyl (C=O) groups is 1. The van der Waals surface area contributed by atoms with E-state index in [0.717, 1.165) is 32.1 Å². The molecule has 1 aromatic carbocycles. The molecule has 1 aliphatic carbocycles. The predicted octanol–water partition coefficient (Wildman–Crippen LogP) is 5.50. The van der Waals surface area contributed by atoms with Crippen molar-refractivity contribution in [2.45, 2.75) is 70.6 Å².